The molecule has 2 fully saturated rings. The van der Waals surface area contributed by atoms with Crippen LogP contribution in [-0.4, -0.2) is 6.54 Å². The molecule has 0 bridgehead atoms. The highest BCUT2D eigenvalue weighted by atomic mass is 35.5. The molecule has 0 aromatic heterocycles. The topological polar surface area (TPSA) is 12.0 Å². The second-order valence-corrected chi connectivity index (χ2v) is 7.26. The molecule has 1 aromatic rings. The molecule has 0 heterocycles. The molecule has 20 heavy (non-hydrogen) atoms. The van der Waals surface area contributed by atoms with Crippen LogP contribution in [0.5, 0.6) is 0 Å². The molecule has 0 saturated heterocycles. The molecular formula is C17H23Cl2N. The van der Waals surface area contributed by atoms with E-state index in [4.69, 9.17) is 23.2 Å². The number of rotatable bonds is 4. The monoisotopic (exact) mass is 311 g/mol. The Kier molecular flexibility index (Phi) is 4.59. The normalized spacial score (nSPS) is 22.5. The Morgan fingerprint density at radius 3 is 2.35 bits per heavy atom. The van der Waals surface area contributed by atoms with Gasteiger partial charge in [-0.1, -0.05) is 48.5 Å². The van der Waals surface area contributed by atoms with E-state index in [2.05, 4.69) is 17.4 Å². The first-order chi connectivity index (χ1) is 9.70. The van der Waals surface area contributed by atoms with Crippen molar-refractivity contribution in [3.05, 3.63) is 33.8 Å². The first kappa shape index (κ1) is 14.7. The van der Waals surface area contributed by atoms with Gasteiger partial charge in [-0.05, 0) is 62.3 Å². The molecular weight excluding hydrogens is 289 g/mol. The summed E-state index contributed by atoms with van der Waals surface area (Å²) in [6.07, 6.45) is 10.8. The van der Waals surface area contributed by atoms with Gasteiger partial charge in [0.25, 0.3) is 0 Å². The summed E-state index contributed by atoms with van der Waals surface area (Å²) in [5.74, 6) is 0.865. The quantitative estimate of drug-likeness (QED) is 0.769. The summed E-state index contributed by atoms with van der Waals surface area (Å²) >= 11 is 12.2. The van der Waals surface area contributed by atoms with E-state index < -0.39 is 0 Å². The number of benzene rings is 1. The van der Waals surface area contributed by atoms with Gasteiger partial charge in [0.05, 0.1) is 10.0 Å². The fourth-order valence-corrected chi connectivity index (χ4v) is 3.92. The highest BCUT2D eigenvalue weighted by Crippen LogP contribution is 2.43. The summed E-state index contributed by atoms with van der Waals surface area (Å²) in [7, 11) is 0. The second-order valence-electron chi connectivity index (χ2n) is 6.45. The second kappa shape index (κ2) is 6.25. The Morgan fingerprint density at radius 2 is 1.75 bits per heavy atom. The summed E-state index contributed by atoms with van der Waals surface area (Å²) in [4.78, 5) is 0. The zero-order valence-corrected chi connectivity index (χ0v) is 13.4. The molecule has 2 saturated carbocycles. The van der Waals surface area contributed by atoms with Crippen molar-refractivity contribution in [2.45, 2.75) is 56.9 Å². The molecule has 0 unspecified atom stereocenters. The van der Waals surface area contributed by atoms with Crippen LogP contribution >= 0.6 is 23.2 Å². The van der Waals surface area contributed by atoms with Gasteiger partial charge in [0.1, 0.15) is 0 Å². The van der Waals surface area contributed by atoms with Crippen LogP contribution in [0.3, 0.4) is 0 Å². The summed E-state index contributed by atoms with van der Waals surface area (Å²) in [6.45, 7) is 1.15. The minimum absolute atomic E-state index is 0.158. The Labute approximate surface area is 132 Å². The molecule has 0 amide bonds. The molecule has 0 aliphatic heterocycles. The zero-order chi connectivity index (χ0) is 14.0. The van der Waals surface area contributed by atoms with E-state index in [1.807, 2.05) is 6.07 Å². The van der Waals surface area contributed by atoms with Gasteiger partial charge in [0.15, 0.2) is 0 Å². The van der Waals surface area contributed by atoms with Crippen LogP contribution in [0.1, 0.15) is 56.9 Å². The molecule has 3 rings (SSSR count). The van der Waals surface area contributed by atoms with Crippen molar-refractivity contribution in [1.29, 1.82) is 0 Å². The predicted octanol–water partition coefficient (Wildman–Crippen LogP) is 5.54. The van der Waals surface area contributed by atoms with E-state index in [1.165, 1.54) is 56.9 Å². The van der Waals surface area contributed by atoms with Gasteiger partial charge in [-0.25, -0.2) is 0 Å². The summed E-state index contributed by atoms with van der Waals surface area (Å²) in [5.41, 5.74) is 1.47. The SMILES string of the molecule is Clc1ccc(C2(NCC3CCCCC3)CCC2)cc1Cl. The molecule has 1 nitrogen and oxygen atoms in total. The fraction of sp³-hybridized carbons (Fsp3) is 0.647. The number of hydrogen-bond donors (Lipinski definition) is 1. The van der Waals surface area contributed by atoms with Gasteiger partial charge in [0.2, 0.25) is 0 Å². The summed E-state index contributed by atoms with van der Waals surface area (Å²) in [5, 5.41) is 5.19. The van der Waals surface area contributed by atoms with Gasteiger partial charge in [0, 0.05) is 5.54 Å². The van der Waals surface area contributed by atoms with E-state index in [9.17, 15) is 0 Å². The largest absolute Gasteiger partial charge is 0.307 e. The van der Waals surface area contributed by atoms with E-state index in [1.54, 1.807) is 0 Å². The maximum atomic E-state index is 6.19. The molecule has 2 aliphatic carbocycles. The minimum atomic E-state index is 0.158. The van der Waals surface area contributed by atoms with Crippen LogP contribution in [0, 0.1) is 5.92 Å². The Balaban J connectivity index is 1.68. The maximum absolute atomic E-state index is 6.19. The van der Waals surface area contributed by atoms with Crippen molar-refractivity contribution in [2.24, 2.45) is 5.92 Å². The standard InChI is InChI=1S/C17H23Cl2N/c18-15-8-7-14(11-16(15)19)17(9-4-10-17)20-12-13-5-2-1-3-6-13/h7-8,11,13,20H,1-6,9-10,12H2. The van der Waals surface area contributed by atoms with E-state index in [0.29, 0.717) is 10.0 Å². The fourth-order valence-electron chi connectivity index (χ4n) is 3.62. The average molecular weight is 312 g/mol. The summed E-state index contributed by atoms with van der Waals surface area (Å²) < 4.78 is 0. The number of halogens is 2. The third kappa shape index (κ3) is 3.00. The van der Waals surface area contributed by atoms with Gasteiger partial charge in [-0.2, -0.15) is 0 Å². The zero-order valence-electron chi connectivity index (χ0n) is 11.9. The number of nitrogens with one attached hydrogen (secondary N) is 1. The van der Waals surface area contributed by atoms with Crippen LogP contribution in [0.2, 0.25) is 10.0 Å². The number of hydrogen-bond acceptors (Lipinski definition) is 1. The lowest BCUT2D eigenvalue weighted by atomic mass is 9.71. The van der Waals surface area contributed by atoms with Gasteiger partial charge in [-0.3, -0.25) is 0 Å². The Bertz CT molecular complexity index is 462. The van der Waals surface area contributed by atoms with Gasteiger partial charge >= 0.3 is 0 Å². The lowest BCUT2D eigenvalue weighted by molar-refractivity contribution is 0.167. The predicted molar refractivity (Wildman–Crippen MR) is 86.6 cm³/mol. The molecule has 0 radical (unpaired) electrons. The van der Waals surface area contributed by atoms with Gasteiger partial charge < -0.3 is 5.32 Å². The van der Waals surface area contributed by atoms with Crippen molar-refractivity contribution in [2.75, 3.05) is 6.54 Å². The molecule has 2 aliphatic rings. The minimum Gasteiger partial charge on any atom is -0.307 e. The molecule has 1 aromatic carbocycles. The highest BCUT2D eigenvalue weighted by molar-refractivity contribution is 6.42. The Morgan fingerprint density at radius 1 is 1.00 bits per heavy atom. The van der Waals surface area contributed by atoms with Crippen molar-refractivity contribution in [3.63, 3.8) is 0 Å². The van der Waals surface area contributed by atoms with Crippen LogP contribution in [-0.2, 0) is 5.54 Å². The lowest BCUT2D eigenvalue weighted by Crippen LogP contribution is -2.49. The van der Waals surface area contributed by atoms with E-state index >= 15 is 0 Å². The van der Waals surface area contributed by atoms with Crippen LogP contribution in [0.15, 0.2) is 18.2 Å². The van der Waals surface area contributed by atoms with Crippen molar-refractivity contribution < 1.29 is 0 Å². The summed E-state index contributed by atoms with van der Waals surface area (Å²) in [6, 6.07) is 6.12. The van der Waals surface area contributed by atoms with Crippen molar-refractivity contribution in [1.82, 2.24) is 5.32 Å². The van der Waals surface area contributed by atoms with E-state index in [0.717, 1.165) is 12.5 Å². The van der Waals surface area contributed by atoms with Gasteiger partial charge in [-0.15, -0.1) is 0 Å². The van der Waals surface area contributed by atoms with Crippen LogP contribution in [0.25, 0.3) is 0 Å². The van der Waals surface area contributed by atoms with E-state index in [-0.39, 0.29) is 5.54 Å². The smallest absolute Gasteiger partial charge is 0.0595 e. The first-order valence-electron chi connectivity index (χ1n) is 7.90. The molecule has 0 spiro atoms. The third-order valence-corrected chi connectivity index (χ3v) is 5.87. The van der Waals surface area contributed by atoms with Crippen molar-refractivity contribution >= 4 is 23.2 Å². The average Bonchev–Trinajstić information content (AvgIpc) is 2.42. The lowest BCUT2D eigenvalue weighted by Gasteiger charge is -2.44. The van der Waals surface area contributed by atoms with Crippen LogP contribution < -0.4 is 5.32 Å². The molecule has 1 N–H and O–H groups in total. The first-order valence-corrected chi connectivity index (χ1v) is 8.66. The van der Waals surface area contributed by atoms with Crippen molar-refractivity contribution in [3.8, 4) is 0 Å². The molecule has 3 heteroatoms. The third-order valence-electron chi connectivity index (χ3n) is 5.13. The maximum Gasteiger partial charge on any atom is 0.0595 e. The highest BCUT2D eigenvalue weighted by Gasteiger charge is 2.38. The van der Waals surface area contributed by atoms with Crippen LogP contribution in [0.4, 0.5) is 0 Å². The Hall–Kier alpha value is -0.240. The molecule has 0 atom stereocenters. The molecule has 110 valence electrons.